The van der Waals surface area contributed by atoms with Crippen molar-refractivity contribution >= 4 is 0 Å². The van der Waals surface area contributed by atoms with E-state index in [1.807, 2.05) is 18.5 Å². The molecule has 4 nitrogen and oxygen atoms in total. The molecule has 0 saturated carbocycles. The van der Waals surface area contributed by atoms with Crippen LogP contribution in [-0.2, 0) is 6.42 Å². The van der Waals surface area contributed by atoms with Gasteiger partial charge in [0.2, 0.25) is 0 Å². The van der Waals surface area contributed by atoms with Gasteiger partial charge in [-0.05, 0) is 18.1 Å². The van der Waals surface area contributed by atoms with Gasteiger partial charge in [-0.25, -0.2) is 0 Å². The lowest BCUT2D eigenvalue weighted by molar-refractivity contribution is 0.0282. The molecule has 2 aliphatic rings. The van der Waals surface area contributed by atoms with E-state index in [0.29, 0.717) is 0 Å². The van der Waals surface area contributed by atoms with E-state index in [-0.39, 0.29) is 0 Å². The number of likely N-dealkylation sites (tertiary alicyclic amines) is 1. The minimum atomic E-state index is 0.806. The van der Waals surface area contributed by atoms with Crippen LogP contribution in [0.3, 0.4) is 0 Å². The maximum Gasteiger partial charge on any atom is 0.0351 e. The first-order chi connectivity index (χ1) is 8.92. The Morgan fingerprint density at radius 3 is 2.83 bits per heavy atom. The number of nitrogens with zero attached hydrogens (tertiary/aromatic N) is 3. The highest BCUT2D eigenvalue weighted by Gasteiger charge is 2.31. The molecule has 0 amide bonds. The lowest BCUT2D eigenvalue weighted by atomic mass is 10.0. The molecule has 0 aliphatic carbocycles. The molecule has 4 heteroatoms. The van der Waals surface area contributed by atoms with Crippen LogP contribution in [0.5, 0.6) is 0 Å². The summed E-state index contributed by atoms with van der Waals surface area (Å²) in [4.78, 5) is 9.35. The van der Waals surface area contributed by atoms with Crippen LogP contribution in [0.2, 0.25) is 0 Å². The average molecular weight is 246 g/mol. The first kappa shape index (κ1) is 12.1. The van der Waals surface area contributed by atoms with Crippen LogP contribution >= 0.6 is 0 Å². The molecule has 3 heterocycles. The van der Waals surface area contributed by atoms with E-state index >= 15 is 0 Å². The summed E-state index contributed by atoms with van der Waals surface area (Å²) in [6.07, 6.45) is 4.95. The second-order valence-electron chi connectivity index (χ2n) is 5.31. The summed E-state index contributed by atoms with van der Waals surface area (Å²) in [6.45, 7) is 8.44. The number of nitrogens with one attached hydrogen (secondary N) is 1. The molecule has 0 aromatic carbocycles. The van der Waals surface area contributed by atoms with Crippen molar-refractivity contribution < 1.29 is 0 Å². The van der Waals surface area contributed by atoms with E-state index in [1.165, 1.54) is 38.3 Å². The smallest absolute Gasteiger partial charge is 0.0351 e. The fourth-order valence-corrected chi connectivity index (χ4v) is 2.84. The minimum Gasteiger partial charge on any atom is -0.314 e. The maximum absolute atomic E-state index is 4.16. The molecule has 3 rings (SSSR count). The first-order valence-corrected chi connectivity index (χ1v) is 6.98. The Kier molecular flexibility index (Phi) is 3.88. The van der Waals surface area contributed by atoms with Crippen molar-refractivity contribution in [2.75, 3.05) is 45.8 Å². The van der Waals surface area contributed by atoms with Crippen molar-refractivity contribution in [3.05, 3.63) is 30.1 Å². The lowest BCUT2D eigenvalue weighted by Crippen LogP contribution is -2.62. The lowest BCUT2D eigenvalue weighted by Gasteiger charge is -2.47. The SMILES string of the molecule is c1cncc(CCN2CC(N3CCNCC3)C2)c1. The molecule has 0 unspecified atom stereocenters. The van der Waals surface area contributed by atoms with Crippen molar-refractivity contribution in [1.29, 1.82) is 0 Å². The van der Waals surface area contributed by atoms with Crippen molar-refractivity contribution in [3.63, 3.8) is 0 Å². The van der Waals surface area contributed by atoms with E-state index in [4.69, 9.17) is 0 Å². The molecular weight excluding hydrogens is 224 g/mol. The van der Waals surface area contributed by atoms with Crippen LogP contribution in [0.25, 0.3) is 0 Å². The summed E-state index contributed by atoms with van der Waals surface area (Å²) in [6, 6.07) is 5.00. The molecule has 2 fully saturated rings. The Labute approximate surface area is 109 Å². The third-order valence-corrected chi connectivity index (χ3v) is 4.05. The van der Waals surface area contributed by atoms with Crippen LogP contribution in [-0.4, -0.2) is 66.6 Å². The third kappa shape index (κ3) is 2.88. The minimum absolute atomic E-state index is 0.806. The number of hydrogen-bond donors (Lipinski definition) is 1. The van der Waals surface area contributed by atoms with Crippen molar-refractivity contribution in [1.82, 2.24) is 20.1 Å². The Bertz CT molecular complexity index is 355. The van der Waals surface area contributed by atoms with Gasteiger partial charge in [0.1, 0.15) is 0 Å². The van der Waals surface area contributed by atoms with Gasteiger partial charge in [0.25, 0.3) is 0 Å². The second kappa shape index (κ2) is 5.78. The molecule has 1 aromatic rings. The Morgan fingerprint density at radius 1 is 1.28 bits per heavy atom. The predicted octanol–water partition coefficient (Wildman–Crippen LogP) is 0.214. The van der Waals surface area contributed by atoms with Gasteiger partial charge in [0, 0.05) is 64.2 Å². The quantitative estimate of drug-likeness (QED) is 0.823. The number of hydrogen-bond acceptors (Lipinski definition) is 4. The normalized spacial score (nSPS) is 22.9. The van der Waals surface area contributed by atoms with Crippen molar-refractivity contribution in [2.24, 2.45) is 0 Å². The van der Waals surface area contributed by atoms with Crippen LogP contribution in [0, 0.1) is 0 Å². The highest BCUT2D eigenvalue weighted by molar-refractivity contribution is 5.09. The van der Waals surface area contributed by atoms with Gasteiger partial charge in [0.15, 0.2) is 0 Å². The van der Waals surface area contributed by atoms with Crippen LogP contribution in [0.15, 0.2) is 24.5 Å². The molecule has 1 N–H and O–H groups in total. The van der Waals surface area contributed by atoms with Gasteiger partial charge in [-0.3, -0.25) is 14.8 Å². The molecule has 0 radical (unpaired) electrons. The number of piperazine rings is 1. The van der Waals surface area contributed by atoms with Crippen LogP contribution in [0.4, 0.5) is 0 Å². The second-order valence-corrected chi connectivity index (χ2v) is 5.31. The van der Waals surface area contributed by atoms with E-state index in [2.05, 4.69) is 26.2 Å². The van der Waals surface area contributed by atoms with Gasteiger partial charge in [-0.2, -0.15) is 0 Å². The molecule has 1 aromatic heterocycles. The Morgan fingerprint density at radius 2 is 2.11 bits per heavy atom. The summed E-state index contributed by atoms with van der Waals surface area (Å²) < 4.78 is 0. The largest absolute Gasteiger partial charge is 0.314 e. The zero-order valence-electron chi connectivity index (χ0n) is 10.9. The fraction of sp³-hybridized carbons (Fsp3) is 0.643. The van der Waals surface area contributed by atoms with E-state index < -0.39 is 0 Å². The molecule has 98 valence electrons. The van der Waals surface area contributed by atoms with Gasteiger partial charge in [-0.1, -0.05) is 6.07 Å². The first-order valence-electron chi connectivity index (χ1n) is 6.98. The van der Waals surface area contributed by atoms with Crippen molar-refractivity contribution in [3.8, 4) is 0 Å². The summed E-state index contributed by atoms with van der Waals surface area (Å²) >= 11 is 0. The molecule has 0 bridgehead atoms. The zero-order chi connectivity index (χ0) is 12.2. The van der Waals surface area contributed by atoms with Crippen molar-refractivity contribution in [2.45, 2.75) is 12.5 Å². The number of pyridine rings is 1. The van der Waals surface area contributed by atoms with Gasteiger partial charge >= 0.3 is 0 Å². The van der Waals surface area contributed by atoms with E-state index in [1.54, 1.807) is 0 Å². The van der Waals surface area contributed by atoms with E-state index in [9.17, 15) is 0 Å². The summed E-state index contributed by atoms with van der Waals surface area (Å²) in [7, 11) is 0. The zero-order valence-corrected chi connectivity index (χ0v) is 10.9. The van der Waals surface area contributed by atoms with Gasteiger partial charge in [0.05, 0.1) is 0 Å². The molecule has 18 heavy (non-hydrogen) atoms. The third-order valence-electron chi connectivity index (χ3n) is 4.05. The Hall–Kier alpha value is -0.970. The summed E-state index contributed by atoms with van der Waals surface area (Å²) in [5.74, 6) is 0. The highest BCUT2D eigenvalue weighted by Crippen LogP contribution is 2.15. The van der Waals surface area contributed by atoms with Crippen LogP contribution < -0.4 is 5.32 Å². The standard InChI is InChI=1S/C14H22N4/c1-2-13(10-16-4-1)3-7-17-11-14(12-17)18-8-5-15-6-9-18/h1-2,4,10,14-15H,3,5-9,11-12H2. The highest BCUT2D eigenvalue weighted by atomic mass is 15.3. The average Bonchev–Trinajstić information content (AvgIpc) is 2.39. The summed E-state index contributed by atoms with van der Waals surface area (Å²) in [5, 5.41) is 3.41. The fourth-order valence-electron chi connectivity index (χ4n) is 2.84. The van der Waals surface area contributed by atoms with E-state index in [0.717, 1.165) is 25.6 Å². The number of aromatic nitrogens is 1. The van der Waals surface area contributed by atoms with Gasteiger partial charge < -0.3 is 5.32 Å². The predicted molar refractivity (Wildman–Crippen MR) is 72.6 cm³/mol. The molecular formula is C14H22N4. The maximum atomic E-state index is 4.16. The molecule has 2 aliphatic heterocycles. The summed E-state index contributed by atoms with van der Waals surface area (Å²) in [5.41, 5.74) is 1.35. The van der Waals surface area contributed by atoms with Crippen LogP contribution in [0.1, 0.15) is 5.56 Å². The molecule has 0 atom stereocenters. The van der Waals surface area contributed by atoms with Gasteiger partial charge in [-0.15, -0.1) is 0 Å². The monoisotopic (exact) mass is 246 g/mol. The number of rotatable bonds is 4. The molecule has 2 saturated heterocycles. The molecule has 0 spiro atoms. The Balaban J connectivity index is 1.37. The topological polar surface area (TPSA) is 31.4 Å².